The highest BCUT2D eigenvalue weighted by Gasteiger charge is 2.27. The molecule has 3 heteroatoms. The molecule has 2 rings (SSSR count). The molecule has 1 aliphatic rings. The van der Waals surface area contributed by atoms with Crippen LogP contribution in [0.1, 0.15) is 45.2 Å². The molecule has 2 atom stereocenters. The molecule has 106 valence electrons. The van der Waals surface area contributed by atoms with E-state index in [1.165, 1.54) is 18.4 Å². The standard InChI is InChI=1S/C16H26N2O/c1-12(2)19-16-8-6-14(7-9-16)13(3)18-10-4-5-15(18)11-17/h6-9,12-13,15H,4-5,10-11,17H2,1-3H3. The Balaban J connectivity index is 2.04. The summed E-state index contributed by atoms with van der Waals surface area (Å²) in [5.74, 6) is 0.947. The minimum atomic E-state index is 0.225. The van der Waals surface area contributed by atoms with Crippen LogP contribution in [-0.4, -0.2) is 30.1 Å². The molecule has 0 radical (unpaired) electrons. The highest BCUT2D eigenvalue weighted by molar-refractivity contribution is 5.29. The van der Waals surface area contributed by atoms with Crippen molar-refractivity contribution in [2.75, 3.05) is 13.1 Å². The zero-order valence-electron chi connectivity index (χ0n) is 12.3. The van der Waals surface area contributed by atoms with Gasteiger partial charge in [-0.25, -0.2) is 0 Å². The van der Waals surface area contributed by atoms with Crippen LogP contribution in [0.4, 0.5) is 0 Å². The Labute approximate surface area is 116 Å². The van der Waals surface area contributed by atoms with Crippen molar-refractivity contribution in [2.45, 2.75) is 51.8 Å². The molecular weight excluding hydrogens is 236 g/mol. The third kappa shape index (κ3) is 3.48. The van der Waals surface area contributed by atoms with E-state index < -0.39 is 0 Å². The van der Waals surface area contributed by atoms with Gasteiger partial charge in [0, 0.05) is 18.6 Å². The van der Waals surface area contributed by atoms with Gasteiger partial charge in [0.15, 0.2) is 0 Å². The number of nitrogens with zero attached hydrogens (tertiary/aromatic N) is 1. The van der Waals surface area contributed by atoms with Crippen LogP contribution < -0.4 is 10.5 Å². The van der Waals surface area contributed by atoms with Crippen LogP contribution in [0.3, 0.4) is 0 Å². The van der Waals surface area contributed by atoms with Crippen LogP contribution in [-0.2, 0) is 0 Å². The molecule has 1 aromatic carbocycles. The van der Waals surface area contributed by atoms with Crippen LogP contribution in [0.15, 0.2) is 24.3 Å². The van der Waals surface area contributed by atoms with Gasteiger partial charge in [-0.3, -0.25) is 4.90 Å². The average Bonchev–Trinajstić information content (AvgIpc) is 2.86. The number of hydrogen-bond acceptors (Lipinski definition) is 3. The number of nitrogens with two attached hydrogens (primary N) is 1. The second-order valence-corrected chi connectivity index (χ2v) is 5.68. The molecule has 0 spiro atoms. The van der Waals surface area contributed by atoms with E-state index in [-0.39, 0.29) is 6.10 Å². The van der Waals surface area contributed by atoms with E-state index in [4.69, 9.17) is 10.5 Å². The summed E-state index contributed by atoms with van der Waals surface area (Å²) in [6.45, 7) is 8.29. The first-order chi connectivity index (χ1) is 9.11. The molecule has 0 aromatic heterocycles. The summed E-state index contributed by atoms with van der Waals surface area (Å²) in [5.41, 5.74) is 7.20. The first-order valence-corrected chi connectivity index (χ1v) is 7.34. The highest BCUT2D eigenvalue weighted by Crippen LogP contribution is 2.29. The van der Waals surface area contributed by atoms with E-state index in [0.717, 1.165) is 18.8 Å². The van der Waals surface area contributed by atoms with Gasteiger partial charge in [0.2, 0.25) is 0 Å². The molecule has 2 N–H and O–H groups in total. The van der Waals surface area contributed by atoms with Gasteiger partial charge in [-0.05, 0) is 57.9 Å². The fraction of sp³-hybridized carbons (Fsp3) is 0.625. The van der Waals surface area contributed by atoms with E-state index >= 15 is 0 Å². The number of likely N-dealkylation sites (tertiary alicyclic amines) is 1. The van der Waals surface area contributed by atoms with Gasteiger partial charge in [-0.15, -0.1) is 0 Å². The largest absolute Gasteiger partial charge is 0.491 e. The lowest BCUT2D eigenvalue weighted by Gasteiger charge is -2.30. The van der Waals surface area contributed by atoms with Gasteiger partial charge < -0.3 is 10.5 Å². The van der Waals surface area contributed by atoms with Gasteiger partial charge in [-0.1, -0.05) is 12.1 Å². The Morgan fingerprint density at radius 1 is 1.26 bits per heavy atom. The first-order valence-electron chi connectivity index (χ1n) is 7.34. The maximum Gasteiger partial charge on any atom is 0.119 e. The lowest BCUT2D eigenvalue weighted by Crippen LogP contribution is -2.37. The molecule has 0 amide bonds. The Morgan fingerprint density at radius 2 is 1.95 bits per heavy atom. The quantitative estimate of drug-likeness (QED) is 0.886. The van der Waals surface area contributed by atoms with Crippen LogP contribution in [0.25, 0.3) is 0 Å². The third-order valence-electron chi connectivity index (χ3n) is 3.93. The van der Waals surface area contributed by atoms with Crippen molar-refractivity contribution in [3.05, 3.63) is 29.8 Å². The van der Waals surface area contributed by atoms with Crippen molar-refractivity contribution < 1.29 is 4.74 Å². The second kappa shape index (κ2) is 6.40. The number of hydrogen-bond donors (Lipinski definition) is 1. The van der Waals surface area contributed by atoms with Gasteiger partial charge >= 0.3 is 0 Å². The fourth-order valence-electron chi connectivity index (χ4n) is 2.91. The number of benzene rings is 1. The molecule has 1 fully saturated rings. The molecule has 2 unspecified atom stereocenters. The second-order valence-electron chi connectivity index (χ2n) is 5.68. The Hall–Kier alpha value is -1.06. The topological polar surface area (TPSA) is 38.5 Å². The zero-order valence-corrected chi connectivity index (χ0v) is 12.3. The molecular formula is C16H26N2O. The molecule has 3 nitrogen and oxygen atoms in total. The minimum absolute atomic E-state index is 0.225. The van der Waals surface area contributed by atoms with Gasteiger partial charge in [0.1, 0.15) is 5.75 Å². The lowest BCUT2D eigenvalue weighted by molar-refractivity contribution is 0.196. The normalized spacial score (nSPS) is 21.8. The van der Waals surface area contributed by atoms with E-state index in [1.807, 2.05) is 13.8 Å². The molecule has 0 bridgehead atoms. The van der Waals surface area contributed by atoms with E-state index in [1.54, 1.807) is 0 Å². The Bertz CT molecular complexity index is 388. The summed E-state index contributed by atoms with van der Waals surface area (Å²) < 4.78 is 5.68. The average molecular weight is 262 g/mol. The summed E-state index contributed by atoms with van der Waals surface area (Å²) in [4.78, 5) is 2.53. The maximum absolute atomic E-state index is 5.86. The summed E-state index contributed by atoms with van der Waals surface area (Å²) in [6, 6.07) is 9.46. The van der Waals surface area contributed by atoms with Crippen LogP contribution in [0, 0.1) is 0 Å². The van der Waals surface area contributed by atoms with Crippen molar-refractivity contribution >= 4 is 0 Å². The Morgan fingerprint density at radius 3 is 2.53 bits per heavy atom. The molecule has 1 heterocycles. The Kier molecular flexibility index (Phi) is 4.83. The molecule has 0 aliphatic carbocycles. The van der Waals surface area contributed by atoms with Gasteiger partial charge in [0.05, 0.1) is 6.10 Å². The zero-order chi connectivity index (χ0) is 13.8. The number of rotatable bonds is 5. The van der Waals surface area contributed by atoms with Crippen LogP contribution in [0.5, 0.6) is 5.75 Å². The predicted molar refractivity (Wildman–Crippen MR) is 79.4 cm³/mol. The monoisotopic (exact) mass is 262 g/mol. The molecule has 1 aromatic rings. The van der Waals surface area contributed by atoms with Gasteiger partial charge in [-0.2, -0.15) is 0 Å². The fourth-order valence-corrected chi connectivity index (χ4v) is 2.91. The highest BCUT2D eigenvalue weighted by atomic mass is 16.5. The van der Waals surface area contributed by atoms with Crippen molar-refractivity contribution in [1.29, 1.82) is 0 Å². The van der Waals surface area contributed by atoms with E-state index in [9.17, 15) is 0 Å². The minimum Gasteiger partial charge on any atom is -0.491 e. The smallest absolute Gasteiger partial charge is 0.119 e. The van der Waals surface area contributed by atoms with Crippen molar-refractivity contribution in [2.24, 2.45) is 5.73 Å². The van der Waals surface area contributed by atoms with Crippen LogP contribution >= 0.6 is 0 Å². The van der Waals surface area contributed by atoms with Gasteiger partial charge in [0.25, 0.3) is 0 Å². The van der Waals surface area contributed by atoms with E-state index in [2.05, 4.69) is 36.1 Å². The molecule has 1 saturated heterocycles. The summed E-state index contributed by atoms with van der Waals surface area (Å²) in [6.07, 6.45) is 2.72. The summed E-state index contributed by atoms with van der Waals surface area (Å²) >= 11 is 0. The van der Waals surface area contributed by atoms with E-state index in [0.29, 0.717) is 12.1 Å². The summed E-state index contributed by atoms with van der Waals surface area (Å²) in [5, 5.41) is 0. The molecule has 0 saturated carbocycles. The van der Waals surface area contributed by atoms with Crippen molar-refractivity contribution in [3.8, 4) is 5.75 Å². The lowest BCUT2D eigenvalue weighted by atomic mass is 10.1. The molecule has 19 heavy (non-hydrogen) atoms. The SMILES string of the molecule is CC(C)Oc1ccc(C(C)N2CCCC2CN)cc1. The first kappa shape index (κ1) is 14.4. The van der Waals surface area contributed by atoms with Crippen LogP contribution in [0.2, 0.25) is 0 Å². The maximum atomic E-state index is 5.86. The predicted octanol–water partition coefficient (Wildman–Crippen LogP) is 2.96. The number of ether oxygens (including phenoxy) is 1. The van der Waals surface area contributed by atoms with Crippen molar-refractivity contribution in [1.82, 2.24) is 4.90 Å². The molecule has 1 aliphatic heterocycles. The summed E-state index contributed by atoms with van der Waals surface area (Å²) in [7, 11) is 0. The third-order valence-corrected chi connectivity index (χ3v) is 3.93. The van der Waals surface area contributed by atoms with Crippen molar-refractivity contribution in [3.63, 3.8) is 0 Å².